The second-order valence-corrected chi connectivity index (χ2v) is 2.34. The minimum absolute atomic E-state index is 0. The highest BCUT2D eigenvalue weighted by molar-refractivity contribution is 8.93. The Hall–Kier alpha value is 0.260. The topological polar surface area (TPSA) is 59.1 Å². The normalized spacial score (nSPS) is 8.11. The van der Waals surface area contributed by atoms with E-state index < -0.39 is 0 Å². The Morgan fingerprint density at radius 2 is 2.33 bits per heavy atom. The van der Waals surface area contributed by atoms with Gasteiger partial charge in [-0.2, -0.15) is 0 Å². The lowest BCUT2D eigenvalue weighted by atomic mass is 10.9. The first-order valence-electron chi connectivity index (χ1n) is 2.23. The van der Waals surface area contributed by atoms with Crippen LogP contribution in [-0.2, 0) is 4.74 Å². The number of hydrogen-bond acceptors (Lipinski definition) is 3. The van der Waals surface area contributed by atoms with E-state index in [1.165, 1.54) is 11.8 Å². The summed E-state index contributed by atoms with van der Waals surface area (Å²) in [7, 11) is 1.63. The molecule has 0 aromatic heterocycles. The van der Waals surface area contributed by atoms with E-state index in [4.69, 9.17) is 15.9 Å². The van der Waals surface area contributed by atoms with Crippen molar-refractivity contribution in [2.24, 2.45) is 5.73 Å². The average molecular weight is 215 g/mol. The molecule has 0 spiro atoms. The molecule has 0 atom stereocenters. The van der Waals surface area contributed by atoms with Gasteiger partial charge in [-0.1, -0.05) is 11.8 Å². The van der Waals surface area contributed by atoms with Crippen LogP contribution >= 0.6 is 28.7 Å². The fourth-order valence-corrected chi connectivity index (χ4v) is 0.705. The van der Waals surface area contributed by atoms with Gasteiger partial charge in [-0.3, -0.25) is 5.41 Å². The van der Waals surface area contributed by atoms with Crippen molar-refractivity contribution in [3.63, 3.8) is 0 Å². The molecule has 0 aliphatic heterocycles. The highest BCUT2D eigenvalue weighted by Gasteiger charge is 1.87. The number of hydrogen-bond donors (Lipinski definition) is 2. The minimum atomic E-state index is 0. The Bertz CT molecular complexity index is 81.0. The standard InChI is InChI=1S/C4H10N2OS.BrH/c1-7-2-3-8-4(5)6;/h2-3H2,1H3,(H3,5,6);1H. The third kappa shape index (κ3) is 11.7. The number of thioether (sulfide) groups is 1. The molecular weight excluding hydrogens is 204 g/mol. The van der Waals surface area contributed by atoms with Gasteiger partial charge in [-0.25, -0.2) is 0 Å². The molecule has 0 rings (SSSR count). The van der Waals surface area contributed by atoms with Crippen molar-refractivity contribution < 1.29 is 4.74 Å². The summed E-state index contributed by atoms with van der Waals surface area (Å²) in [4.78, 5) is 0. The predicted octanol–water partition coefficient (Wildman–Crippen LogP) is 0.837. The van der Waals surface area contributed by atoms with Crippen LogP contribution in [0.15, 0.2) is 0 Å². The number of nitrogens with one attached hydrogen (secondary N) is 1. The summed E-state index contributed by atoms with van der Waals surface area (Å²) in [6.45, 7) is 0.657. The molecule has 5 heteroatoms. The Morgan fingerprint density at radius 3 is 2.67 bits per heavy atom. The van der Waals surface area contributed by atoms with Crippen LogP contribution in [0.25, 0.3) is 0 Å². The predicted molar refractivity (Wildman–Crippen MR) is 46.6 cm³/mol. The third-order valence-corrected chi connectivity index (χ3v) is 1.23. The van der Waals surface area contributed by atoms with Crippen LogP contribution in [0.4, 0.5) is 0 Å². The molecule has 0 fully saturated rings. The van der Waals surface area contributed by atoms with E-state index in [-0.39, 0.29) is 22.1 Å². The first kappa shape index (κ1) is 12.0. The van der Waals surface area contributed by atoms with Crippen molar-refractivity contribution in [1.82, 2.24) is 0 Å². The van der Waals surface area contributed by atoms with Gasteiger partial charge in [-0.15, -0.1) is 17.0 Å². The fraction of sp³-hybridized carbons (Fsp3) is 0.750. The van der Waals surface area contributed by atoms with Crippen molar-refractivity contribution >= 4 is 33.9 Å². The van der Waals surface area contributed by atoms with Gasteiger partial charge in [-0.05, 0) is 0 Å². The smallest absolute Gasteiger partial charge is 0.151 e. The second-order valence-electron chi connectivity index (χ2n) is 1.21. The van der Waals surface area contributed by atoms with E-state index in [2.05, 4.69) is 0 Å². The average Bonchev–Trinajstić information content (AvgIpc) is 1.66. The molecule has 3 nitrogen and oxygen atoms in total. The highest BCUT2D eigenvalue weighted by Crippen LogP contribution is 1.95. The zero-order chi connectivity index (χ0) is 6.41. The zero-order valence-corrected chi connectivity index (χ0v) is 7.75. The summed E-state index contributed by atoms with van der Waals surface area (Å²) in [5.41, 5.74) is 5.02. The Kier molecular flexibility index (Phi) is 11.0. The maximum Gasteiger partial charge on any atom is 0.151 e. The van der Waals surface area contributed by atoms with Gasteiger partial charge < -0.3 is 10.5 Å². The molecule has 0 heterocycles. The zero-order valence-electron chi connectivity index (χ0n) is 5.22. The molecule has 0 amide bonds. The van der Waals surface area contributed by atoms with Gasteiger partial charge in [0.2, 0.25) is 0 Å². The van der Waals surface area contributed by atoms with Crippen LogP contribution in [0.5, 0.6) is 0 Å². The maximum absolute atomic E-state index is 6.76. The van der Waals surface area contributed by atoms with Gasteiger partial charge in [0, 0.05) is 12.9 Å². The molecule has 56 valence electrons. The van der Waals surface area contributed by atoms with Crippen molar-refractivity contribution in [2.45, 2.75) is 0 Å². The molecule has 0 aromatic rings. The van der Waals surface area contributed by atoms with Gasteiger partial charge in [0.15, 0.2) is 5.17 Å². The van der Waals surface area contributed by atoms with Crippen molar-refractivity contribution in [3.05, 3.63) is 0 Å². The largest absolute Gasteiger partial charge is 0.384 e. The molecular formula is C4H11BrN2OS. The number of nitrogens with two attached hydrogens (primary N) is 1. The van der Waals surface area contributed by atoms with Crippen molar-refractivity contribution in [2.75, 3.05) is 19.5 Å². The van der Waals surface area contributed by atoms with Crippen molar-refractivity contribution in [1.29, 1.82) is 5.41 Å². The molecule has 0 aliphatic carbocycles. The van der Waals surface area contributed by atoms with Crippen LogP contribution in [0.3, 0.4) is 0 Å². The molecule has 9 heavy (non-hydrogen) atoms. The lowest BCUT2D eigenvalue weighted by Gasteiger charge is -1.94. The number of ether oxygens (including phenoxy) is 1. The summed E-state index contributed by atoms with van der Waals surface area (Å²) in [5, 5.41) is 6.91. The molecule has 0 saturated heterocycles. The summed E-state index contributed by atoms with van der Waals surface area (Å²) < 4.78 is 4.72. The number of rotatable bonds is 3. The van der Waals surface area contributed by atoms with Gasteiger partial charge in [0.1, 0.15) is 0 Å². The van der Waals surface area contributed by atoms with Crippen LogP contribution in [-0.4, -0.2) is 24.6 Å². The molecule has 0 aromatic carbocycles. The molecule has 3 N–H and O–H groups in total. The van der Waals surface area contributed by atoms with E-state index >= 15 is 0 Å². The summed E-state index contributed by atoms with van der Waals surface area (Å²) in [6.07, 6.45) is 0. The maximum atomic E-state index is 6.76. The summed E-state index contributed by atoms with van der Waals surface area (Å²) in [6, 6.07) is 0. The Balaban J connectivity index is 0. The van der Waals surface area contributed by atoms with Crippen LogP contribution in [0, 0.1) is 5.41 Å². The first-order valence-corrected chi connectivity index (χ1v) is 3.21. The fourth-order valence-electron chi connectivity index (χ4n) is 0.235. The van der Waals surface area contributed by atoms with E-state index in [0.29, 0.717) is 6.61 Å². The summed E-state index contributed by atoms with van der Waals surface area (Å²) >= 11 is 1.29. The monoisotopic (exact) mass is 214 g/mol. The molecule has 0 radical (unpaired) electrons. The molecule has 0 unspecified atom stereocenters. The Morgan fingerprint density at radius 1 is 1.78 bits per heavy atom. The lowest BCUT2D eigenvalue weighted by molar-refractivity contribution is 0.219. The van der Waals surface area contributed by atoms with Gasteiger partial charge >= 0.3 is 0 Å². The van der Waals surface area contributed by atoms with Crippen LogP contribution in [0.1, 0.15) is 0 Å². The van der Waals surface area contributed by atoms with E-state index in [9.17, 15) is 0 Å². The van der Waals surface area contributed by atoms with Crippen LogP contribution < -0.4 is 5.73 Å². The SMILES string of the molecule is Br.COCCSC(=N)N. The highest BCUT2D eigenvalue weighted by atomic mass is 79.9. The third-order valence-electron chi connectivity index (χ3n) is 0.545. The number of halogens is 1. The quantitative estimate of drug-likeness (QED) is 0.416. The lowest BCUT2D eigenvalue weighted by Crippen LogP contribution is -2.06. The minimum Gasteiger partial charge on any atom is -0.384 e. The molecule has 0 saturated carbocycles. The van der Waals surface area contributed by atoms with Crippen LogP contribution in [0.2, 0.25) is 0 Å². The van der Waals surface area contributed by atoms with E-state index in [1.807, 2.05) is 0 Å². The molecule has 0 aliphatic rings. The molecule has 0 bridgehead atoms. The second kappa shape index (κ2) is 8.26. The van der Waals surface area contributed by atoms with E-state index in [1.54, 1.807) is 7.11 Å². The van der Waals surface area contributed by atoms with Gasteiger partial charge in [0.05, 0.1) is 6.61 Å². The number of amidine groups is 1. The van der Waals surface area contributed by atoms with Gasteiger partial charge in [0.25, 0.3) is 0 Å². The van der Waals surface area contributed by atoms with E-state index in [0.717, 1.165) is 5.75 Å². The summed E-state index contributed by atoms with van der Waals surface area (Å²) in [5.74, 6) is 0.770. The number of methoxy groups -OCH3 is 1. The van der Waals surface area contributed by atoms with Crippen molar-refractivity contribution in [3.8, 4) is 0 Å². The Labute approximate surface area is 69.6 Å². The first-order chi connectivity index (χ1) is 3.77.